The van der Waals surface area contributed by atoms with E-state index >= 15 is 0 Å². The molecule has 0 fully saturated rings. The summed E-state index contributed by atoms with van der Waals surface area (Å²) in [7, 11) is 8.81. The van der Waals surface area contributed by atoms with Crippen LogP contribution in [0.25, 0.3) is 0 Å². The van der Waals surface area contributed by atoms with Crippen LogP contribution in [0, 0.1) is 0 Å². The minimum Gasteiger partial charge on any atom is -0.460 e. The maximum atomic E-state index is 12.9. The average molecular weight is 911 g/mol. The molecule has 0 saturated carbocycles. The molecule has 0 saturated heterocycles. The van der Waals surface area contributed by atoms with Gasteiger partial charge in [0.25, 0.3) is 0 Å². The first-order valence-electron chi connectivity index (χ1n) is 27.1. The standard InChI is InChI=1S/C54H106N2O8/c1-8-9-10-11-12-13-14-15-16-23-28-33-38-43-54(63-52(59)41-36-31-26-21-17-19-24-29-34-39-44-55(4,5)46-48-61-50(2)57)64-53(60)42-37-32-27-22-18-20-25-30-35-40-45-56(6,7)47-49-62-51(3)58/h54H,8-49H2,1-7H3/q+2. The van der Waals surface area contributed by atoms with Gasteiger partial charge in [0.15, 0.2) is 0 Å². The molecule has 0 aliphatic heterocycles. The van der Waals surface area contributed by atoms with Crippen molar-refractivity contribution in [2.45, 2.75) is 258 Å². The lowest BCUT2D eigenvalue weighted by Crippen LogP contribution is -2.43. The molecule has 0 N–H and O–H groups in total. The SMILES string of the molecule is CCCCCCCCCCCCCCCC(OC(=O)CCCCCCCCCCCC[N+](C)(C)CCOC(C)=O)OC(=O)CCCCCCCCCCCC[N+](C)(C)CCOC(C)=O. The third-order valence-electron chi connectivity index (χ3n) is 12.9. The second-order valence-corrected chi connectivity index (χ2v) is 20.5. The second kappa shape index (κ2) is 43.4. The highest BCUT2D eigenvalue weighted by Crippen LogP contribution is 2.18. The lowest BCUT2D eigenvalue weighted by Gasteiger charge is -2.29. The van der Waals surface area contributed by atoms with Crippen molar-refractivity contribution in [2.75, 3.05) is 67.6 Å². The fourth-order valence-electron chi connectivity index (χ4n) is 8.43. The Morgan fingerprint density at radius 1 is 0.359 bits per heavy atom. The molecule has 0 aliphatic rings. The number of carbonyl (C=O) groups is 4. The van der Waals surface area contributed by atoms with Crippen LogP contribution < -0.4 is 0 Å². The van der Waals surface area contributed by atoms with Crippen molar-refractivity contribution in [3.63, 3.8) is 0 Å². The number of ether oxygens (including phenoxy) is 4. The van der Waals surface area contributed by atoms with Crippen molar-refractivity contribution in [1.29, 1.82) is 0 Å². The molecule has 0 heterocycles. The van der Waals surface area contributed by atoms with Crippen LogP contribution >= 0.6 is 0 Å². The number of nitrogens with zero attached hydrogens (tertiary/aromatic N) is 2. The Labute approximate surface area is 395 Å². The zero-order valence-corrected chi connectivity index (χ0v) is 43.4. The van der Waals surface area contributed by atoms with Gasteiger partial charge >= 0.3 is 23.9 Å². The smallest absolute Gasteiger partial charge is 0.308 e. The van der Waals surface area contributed by atoms with Crippen LogP contribution in [0.1, 0.15) is 252 Å². The summed E-state index contributed by atoms with van der Waals surface area (Å²) in [5.74, 6) is -0.879. The van der Waals surface area contributed by atoms with E-state index in [1.54, 1.807) is 0 Å². The van der Waals surface area contributed by atoms with Crippen molar-refractivity contribution in [2.24, 2.45) is 0 Å². The van der Waals surface area contributed by atoms with Gasteiger partial charge in [0.05, 0.1) is 41.3 Å². The largest absolute Gasteiger partial charge is 0.460 e. The van der Waals surface area contributed by atoms with E-state index < -0.39 is 6.29 Å². The van der Waals surface area contributed by atoms with Crippen LogP contribution in [0.15, 0.2) is 0 Å². The van der Waals surface area contributed by atoms with Crippen molar-refractivity contribution in [3.8, 4) is 0 Å². The molecule has 0 atom stereocenters. The summed E-state index contributed by atoms with van der Waals surface area (Å²) in [6.45, 7) is 10.1. The summed E-state index contributed by atoms with van der Waals surface area (Å²) in [4.78, 5) is 47.8. The third kappa shape index (κ3) is 46.3. The van der Waals surface area contributed by atoms with Crippen molar-refractivity contribution >= 4 is 23.9 Å². The number of quaternary nitrogens is 2. The highest BCUT2D eigenvalue weighted by atomic mass is 16.7. The van der Waals surface area contributed by atoms with Gasteiger partial charge in [-0.3, -0.25) is 19.2 Å². The predicted octanol–water partition coefficient (Wildman–Crippen LogP) is 13.7. The molecule has 0 bridgehead atoms. The molecule has 0 radical (unpaired) electrons. The summed E-state index contributed by atoms with van der Waals surface area (Å²) >= 11 is 0. The Balaban J connectivity index is 4.31. The molecule has 0 aromatic carbocycles. The van der Waals surface area contributed by atoms with Crippen molar-refractivity contribution < 1.29 is 47.1 Å². The maximum absolute atomic E-state index is 12.9. The van der Waals surface area contributed by atoms with Crippen LogP contribution in [0.5, 0.6) is 0 Å². The zero-order chi connectivity index (χ0) is 47.4. The summed E-state index contributed by atoms with van der Waals surface area (Å²) < 4.78 is 23.6. The molecular weight excluding hydrogens is 805 g/mol. The Hall–Kier alpha value is -2.20. The van der Waals surface area contributed by atoms with Crippen molar-refractivity contribution in [3.05, 3.63) is 0 Å². The molecule has 0 rings (SSSR count). The third-order valence-corrected chi connectivity index (χ3v) is 12.9. The van der Waals surface area contributed by atoms with Gasteiger partial charge in [0, 0.05) is 33.1 Å². The first-order valence-corrected chi connectivity index (χ1v) is 27.1. The first-order chi connectivity index (χ1) is 30.8. The topological polar surface area (TPSA) is 105 Å². The maximum Gasteiger partial charge on any atom is 0.308 e. The number of rotatable bonds is 48. The Kier molecular flexibility index (Phi) is 41.9. The van der Waals surface area contributed by atoms with E-state index in [1.807, 2.05) is 0 Å². The highest BCUT2D eigenvalue weighted by Gasteiger charge is 2.19. The minimum atomic E-state index is -0.760. The first kappa shape index (κ1) is 61.8. The Morgan fingerprint density at radius 2 is 0.625 bits per heavy atom. The van der Waals surface area contributed by atoms with Gasteiger partial charge in [-0.1, -0.05) is 174 Å². The fourth-order valence-corrected chi connectivity index (χ4v) is 8.43. The van der Waals surface area contributed by atoms with E-state index in [2.05, 4.69) is 35.1 Å². The van der Waals surface area contributed by atoms with Crippen LogP contribution in [-0.2, 0) is 38.1 Å². The van der Waals surface area contributed by atoms with Gasteiger partial charge in [-0.25, -0.2) is 0 Å². The van der Waals surface area contributed by atoms with Gasteiger partial charge in [-0.15, -0.1) is 0 Å². The number of hydrogen-bond donors (Lipinski definition) is 0. The molecule has 0 aromatic heterocycles. The van der Waals surface area contributed by atoms with E-state index in [0.29, 0.717) is 32.5 Å². The van der Waals surface area contributed by atoms with Gasteiger partial charge in [-0.2, -0.15) is 0 Å². The van der Waals surface area contributed by atoms with Gasteiger partial charge in [0.1, 0.15) is 26.3 Å². The number of carbonyl (C=O) groups excluding carboxylic acids is 4. The van der Waals surface area contributed by atoms with Gasteiger partial charge in [-0.05, 0) is 44.9 Å². The normalized spacial score (nSPS) is 11.9. The molecule has 0 aromatic rings. The average Bonchev–Trinajstić information content (AvgIpc) is 3.22. The number of hydrogen-bond acceptors (Lipinski definition) is 8. The van der Waals surface area contributed by atoms with E-state index in [0.717, 1.165) is 86.5 Å². The lowest BCUT2D eigenvalue weighted by atomic mass is 10.0. The van der Waals surface area contributed by atoms with Gasteiger partial charge < -0.3 is 27.9 Å². The second-order valence-electron chi connectivity index (χ2n) is 20.5. The van der Waals surface area contributed by atoms with Crippen LogP contribution in [0.3, 0.4) is 0 Å². The molecule has 0 amide bonds. The minimum absolute atomic E-state index is 0.203. The van der Waals surface area contributed by atoms with Crippen molar-refractivity contribution in [1.82, 2.24) is 0 Å². The molecule has 10 heteroatoms. The molecule has 378 valence electrons. The number of likely N-dealkylation sites (N-methyl/N-ethyl adjacent to an activating group) is 2. The van der Waals surface area contributed by atoms with E-state index in [9.17, 15) is 19.2 Å². The molecule has 0 spiro atoms. The summed E-state index contributed by atoms with van der Waals surface area (Å²) in [6.07, 6.45) is 40.6. The summed E-state index contributed by atoms with van der Waals surface area (Å²) in [6, 6.07) is 0. The molecule has 64 heavy (non-hydrogen) atoms. The molecule has 0 unspecified atom stereocenters. The molecular formula is C54H106N2O8+2. The van der Waals surface area contributed by atoms with E-state index in [4.69, 9.17) is 18.9 Å². The molecule has 10 nitrogen and oxygen atoms in total. The lowest BCUT2D eigenvalue weighted by molar-refractivity contribution is -0.890. The zero-order valence-electron chi connectivity index (χ0n) is 43.4. The monoisotopic (exact) mass is 911 g/mol. The quantitative estimate of drug-likeness (QED) is 0.0195. The predicted molar refractivity (Wildman–Crippen MR) is 265 cm³/mol. The van der Waals surface area contributed by atoms with E-state index in [-0.39, 0.29) is 23.9 Å². The molecule has 0 aliphatic carbocycles. The summed E-state index contributed by atoms with van der Waals surface area (Å²) in [5, 5.41) is 0. The highest BCUT2D eigenvalue weighted by molar-refractivity contribution is 5.71. The van der Waals surface area contributed by atoms with Gasteiger partial charge in [0.2, 0.25) is 6.29 Å². The number of esters is 4. The van der Waals surface area contributed by atoms with Crippen LogP contribution in [-0.4, -0.2) is 107 Å². The Morgan fingerprint density at radius 3 is 0.922 bits per heavy atom. The fraction of sp³-hybridized carbons (Fsp3) is 0.926. The Bertz CT molecular complexity index is 1040. The number of unbranched alkanes of at least 4 members (excludes halogenated alkanes) is 30. The summed E-state index contributed by atoms with van der Waals surface area (Å²) in [5.41, 5.74) is 0. The van der Waals surface area contributed by atoms with Crippen LogP contribution in [0.4, 0.5) is 0 Å². The van der Waals surface area contributed by atoms with E-state index in [1.165, 1.54) is 174 Å². The van der Waals surface area contributed by atoms with Crippen LogP contribution in [0.2, 0.25) is 0 Å².